The Balaban J connectivity index is 3.83. The van der Waals surface area contributed by atoms with Crippen molar-refractivity contribution in [2.45, 2.75) is 118 Å². The van der Waals surface area contributed by atoms with Crippen molar-refractivity contribution in [3.63, 3.8) is 0 Å². The molecule has 9 heteroatoms. The molecule has 39 heavy (non-hydrogen) atoms. The van der Waals surface area contributed by atoms with Gasteiger partial charge in [-0.1, -0.05) is 189 Å². The first-order valence-corrected chi connectivity index (χ1v) is 50.3. The number of hydrogen-bond donors (Lipinski definition) is 0. The van der Waals surface area contributed by atoms with Crippen LogP contribution >= 0.6 is 0 Å². The molecule has 0 saturated heterocycles. The van der Waals surface area contributed by atoms with Gasteiger partial charge in [0, 0.05) is 57.8 Å². The molecule has 0 heterocycles. The summed E-state index contributed by atoms with van der Waals surface area (Å²) in [5.74, 6) is 0. The van der Waals surface area contributed by atoms with Crippen LogP contribution in [0.2, 0.25) is 118 Å². The zero-order valence-electron chi connectivity index (χ0n) is 29.3. The van der Waals surface area contributed by atoms with E-state index in [9.17, 15) is 0 Å². The first-order valence-electron chi connectivity index (χ1n) is 15.3. The zero-order chi connectivity index (χ0) is 30.7. The molecule has 0 aliphatic rings. The molecule has 0 spiro atoms. The second kappa shape index (κ2) is 10.8. The average molecular weight is 678 g/mol. The van der Waals surface area contributed by atoms with Crippen molar-refractivity contribution in [2.75, 3.05) is 0 Å². The first kappa shape index (κ1) is 35.6. The highest BCUT2D eigenvalue weighted by Crippen LogP contribution is 2.53. The molecule has 0 N–H and O–H groups in total. The molecular formula is C30H64Si9. The standard InChI is InChI=1S/C30H64Si9/c1-31(2,3)38(32(4,5)6,33(7,8)9)37(29-25-21-19-22-26-29,30-27-23-20-24-28-30)39(34(10,11)12,35(13,14)15)36(16,17)18/h19-28H,1-18H3. The van der Waals surface area contributed by atoms with Crippen molar-refractivity contribution in [3.05, 3.63) is 60.7 Å². The number of hydrogen-bond acceptors (Lipinski definition) is 0. The summed E-state index contributed by atoms with van der Waals surface area (Å²) >= 11 is 0. The molecule has 2 aromatic rings. The van der Waals surface area contributed by atoms with Crippen LogP contribution in [0.25, 0.3) is 0 Å². The highest BCUT2D eigenvalue weighted by Gasteiger charge is 2.84. The topological polar surface area (TPSA) is 0 Å². The van der Waals surface area contributed by atoms with E-state index in [-0.39, 0.29) is 0 Å². The van der Waals surface area contributed by atoms with Crippen LogP contribution in [-0.2, 0) is 0 Å². The minimum atomic E-state index is -2.27. The predicted octanol–water partition coefficient (Wildman–Crippen LogP) is 8.80. The normalized spacial score (nSPS) is 15.4. The van der Waals surface area contributed by atoms with Gasteiger partial charge in [-0.3, -0.25) is 0 Å². The van der Waals surface area contributed by atoms with Gasteiger partial charge in [-0.25, -0.2) is 0 Å². The van der Waals surface area contributed by atoms with E-state index < -0.39 is 64.9 Å². The summed E-state index contributed by atoms with van der Waals surface area (Å²) < 4.78 is 0. The van der Waals surface area contributed by atoms with Crippen LogP contribution in [0.1, 0.15) is 0 Å². The molecule has 0 saturated carbocycles. The number of rotatable bonds is 10. The highest BCUT2D eigenvalue weighted by molar-refractivity contribution is 8.28. The summed E-state index contributed by atoms with van der Waals surface area (Å²) in [7, 11) is -12.0. The van der Waals surface area contributed by atoms with E-state index in [1.165, 1.54) is 0 Å². The third-order valence-electron chi connectivity index (χ3n) is 10.3. The Hall–Kier alpha value is 0.392. The van der Waals surface area contributed by atoms with Crippen LogP contribution in [0.15, 0.2) is 60.7 Å². The second-order valence-corrected chi connectivity index (χ2v) is 120. The molecule has 0 aliphatic heterocycles. The Labute approximate surface area is 252 Å². The highest BCUT2D eigenvalue weighted by atomic mass is 30.4. The quantitative estimate of drug-likeness (QED) is 0.221. The summed E-state index contributed by atoms with van der Waals surface area (Å²) in [6.45, 7) is 52.3. The summed E-state index contributed by atoms with van der Waals surface area (Å²) in [4.78, 5) is 0. The van der Waals surface area contributed by atoms with Crippen molar-refractivity contribution in [2.24, 2.45) is 0 Å². The summed E-state index contributed by atoms with van der Waals surface area (Å²) in [5, 5.41) is 3.82. The largest absolute Gasteiger partial charge is 0.0911 e. The molecule has 2 rings (SSSR count). The average Bonchev–Trinajstić information content (AvgIpc) is 2.68. The van der Waals surface area contributed by atoms with Crippen molar-refractivity contribution >= 4 is 75.3 Å². The van der Waals surface area contributed by atoms with Crippen molar-refractivity contribution < 1.29 is 0 Å². The molecule has 2 aromatic carbocycles. The molecule has 0 unspecified atom stereocenters. The van der Waals surface area contributed by atoms with Gasteiger partial charge < -0.3 is 0 Å². The lowest BCUT2D eigenvalue weighted by molar-refractivity contribution is 1.70. The van der Waals surface area contributed by atoms with E-state index in [4.69, 9.17) is 0 Å². The Morgan fingerprint density at radius 3 is 0.615 bits per heavy atom. The Morgan fingerprint density at radius 2 is 0.462 bits per heavy atom. The van der Waals surface area contributed by atoms with Gasteiger partial charge >= 0.3 is 0 Å². The van der Waals surface area contributed by atoms with Gasteiger partial charge in [0.1, 0.15) is 0 Å². The molecule has 0 bridgehead atoms. The Morgan fingerprint density at radius 1 is 0.282 bits per heavy atom. The third kappa shape index (κ3) is 5.04. The molecular weight excluding hydrogens is 613 g/mol. The minimum Gasteiger partial charge on any atom is -0.0720 e. The van der Waals surface area contributed by atoms with Gasteiger partial charge in [0.05, 0.1) is 7.11 Å². The third-order valence-corrected chi connectivity index (χ3v) is 241. The fourth-order valence-electron chi connectivity index (χ4n) is 12.8. The molecule has 0 fully saturated rings. The Bertz CT molecular complexity index is 939. The van der Waals surface area contributed by atoms with Gasteiger partial charge in [0.15, 0.2) is 0 Å². The van der Waals surface area contributed by atoms with Crippen molar-refractivity contribution in [3.8, 4) is 0 Å². The SMILES string of the molecule is C[Si](C)(C)[Si]([Si](C)(C)C)([Si](C)(C)C)[Si](c1ccccc1)(c1ccccc1)[Si]([Si](C)(C)C)([Si](C)(C)C)[Si](C)(C)C. The van der Waals surface area contributed by atoms with Crippen LogP contribution in [0.4, 0.5) is 0 Å². The molecule has 0 nitrogen and oxygen atoms in total. The van der Waals surface area contributed by atoms with E-state index in [1.807, 2.05) is 10.4 Å². The zero-order valence-corrected chi connectivity index (χ0v) is 38.3. The van der Waals surface area contributed by atoms with Crippen LogP contribution < -0.4 is 10.4 Å². The molecule has 0 aliphatic carbocycles. The van der Waals surface area contributed by atoms with Gasteiger partial charge in [0.25, 0.3) is 0 Å². The fourth-order valence-corrected chi connectivity index (χ4v) is 431. The van der Waals surface area contributed by atoms with Crippen LogP contribution in [0.5, 0.6) is 0 Å². The summed E-state index contributed by atoms with van der Waals surface area (Å²) in [6, 6.07) is 25.3. The molecule has 0 atom stereocenters. The predicted molar refractivity (Wildman–Crippen MR) is 209 cm³/mol. The molecule has 220 valence electrons. The van der Waals surface area contributed by atoms with Gasteiger partial charge in [-0.05, 0) is 0 Å². The van der Waals surface area contributed by atoms with Gasteiger partial charge in [-0.15, -0.1) is 0 Å². The maximum atomic E-state index is 2.90. The smallest absolute Gasteiger partial charge is 0.0720 e. The van der Waals surface area contributed by atoms with Gasteiger partial charge in [0.2, 0.25) is 0 Å². The van der Waals surface area contributed by atoms with Crippen molar-refractivity contribution in [1.29, 1.82) is 0 Å². The lowest BCUT2D eigenvalue weighted by Gasteiger charge is -2.77. The van der Waals surface area contributed by atoms with E-state index in [2.05, 4.69) is 179 Å². The van der Waals surface area contributed by atoms with Crippen LogP contribution in [0, 0.1) is 0 Å². The second-order valence-electron chi connectivity index (χ2n) is 18.5. The van der Waals surface area contributed by atoms with E-state index in [0.717, 1.165) is 0 Å². The maximum absolute atomic E-state index is 2.90. The monoisotopic (exact) mass is 676 g/mol. The molecule has 0 radical (unpaired) electrons. The van der Waals surface area contributed by atoms with Crippen molar-refractivity contribution in [1.82, 2.24) is 0 Å². The molecule has 0 amide bonds. The summed E-state index contributed by atoms with van der Waals surface area (Å²) in [5.41, 5.74) is 0. The minimum absolute atomic E-state index is 1.63. The van der Waals surface area contributed by atoms with Crippen LogP contribution in [-0.4, -0.2) is 64.9 Å². The first-order chi connectivity index (χ1) is 17.2. The van der Waals surface area contributed by atoms with E-state index in [1.54, 1.807) is 0 Å². The van der Waals surface area contributed by atoms with Crippen LogP contribution in [0.3, 0.4) is 0 Å². The Kier molecular flexibility index (Phi) is 9.89. The van der Waals surface area contributed by atoms with Gasteiger partial charge in [-0.2, -0.15) is 0 Å². The summed E-state index contributed by atoms with van der Waals surface area (Å²) in [6.07, 6.45) is -3.81. The number of benzene rings is 2. The van der Waals surface area contributed by atoms with E-state index >= 15 is 0 Å². The lowest BCUT2D eigenvalue weighted by Crippen LogP contribution is -3.12. The molecule has 0 aromatic heterocycles. The fraction of sp³-hybridized carbons (Fsp3) is 0.600. The maximum Gasteiger partial charge on any atom is 0.0911 e. The lowest BCUT2D eigenvalue weighted by atomic mass is 10.4. The van der Waals surface area contributed by atoms with E-state index in [0.29, 0.717) is 0 Å².